The van der Waals surface area contributed by atoms with E-state index in [0.717, 1.165) is 20.3 Å². The highest BCUT2D eigenvalue weighted by atomic mass is 32.1. The summed E-state index contributed by atoms with van der Waals surface area (Å²) in [7, 11) is 3.93. The molecule has 0 saturated heterocycles. The van der Waals surface area contributed by atoms with Gasteiger partial charge >= 0.3 is 0 Å². The average Bonchev–Trinajstić information content (AvgIpc) is 3.31. The van der Waals surface area contributed by atoms with Crippen molar-refractivity contribution in [3.8, 4) is 0 Å². The van der Waals surface area contributed by atoms with Crippen LogP contribution >= 0.6 is 22.7 Å². The Kier molecular flexibility index (Phi) is 5.53. The lowest BCUT2D eigenvalue weighted by atomic mass is 10.2. The molecule has 6 heteroatoms. The second-order valence-electron chi connectivity index (χ2n) is 5.85. The van der Waals surface area contributed by atoms with Gasteiger partial charge in [0.1, 0.15) is 6.10 Å². The lowest BCUT2D eigenvalue weighted by Crippen LogP contribution is -2.22. The number of nitrogens with one attached hydrogen (secondary N) is 1. The highest BCUT2D eigenvalue weighted by Crippen LogP contribution is 2.30. The molecule has 0 unspecified atom stereocenters. The number of hydrogen-bond donors (Lipinski definition) is 2. The Morgan fingerprint density at radius 2 is 1.88 bits per heavy atom. The fourth-order valence-electron chi connectivity index (χ4n) is 2.40. The summed E-state index contributed by atoms with van der Waals surface area (Å²) in [5.74, 6) is -0.0981. The standard InChI is InChI=1S/C19H20N2O2S2/c1-21(2)14-7-5-13(6-8-14)19(23)20-12-15-9-10-17(25-15)18(22)16-4-3-11-24-16/h3-11,18,22H,12H2,1-2H3,(H,20,23)/t18-/m1/s1. The summed E-state index contributed by atoms with van der Waals surface area (Å²) in [5, 5.41) is 15.2. The molecule has 0 bridgehead atoms. The Bertz CT molecular complexity index is 823. The lowest BCUT2D eigenvalue weighted by molar-refractivity contribution is 0.0951. The zero-order chi connectivity index (χ0) is 17.8. The molecular formula is C19H20N2O2S2. The highest BCUT2D eigenvalue weighted by Gasteiger charge is 2.14. The monoisotopic (exact) mass is 372 g/mol. The summed E-state index contributed by atoms with van der Waals surface area (Å²) in [5.41, 5.74) is 1.70. The van der Waals surface area contributed by atoms with Crippen LogP contribution in [0, 0.1) is 0 Å². The molecule has 25 heavy (non-hydrogen) atoms. The first-order chi connectivity index (χ1) is 12.0. The molecule has 2 N–H and O–H groups in total. The Hall–Kier alpha value is -2.15. The molecule has 1 aromatic carbocycles. The molecule has 3 aromatic rings. The molecule has 0 aliphatic rings. The second-order valence-corrected chi connectivity index (χ2v) is 8.03. The number of rotatable bonds is 6. The first kappa shape index (κ1) is 17.7. The van der Waals surface area contributed by atoms with E-state index in [1.807, 2.05) is 72.9 Å². The van der Waals surface area contributed by atoms with Crippen LogP contribution in [0.1, 0.15) is 31.1 Å². The number of aliphatic hydroxyl groups is 1. The molecule has 4 nitrogen and oxygen atoms in total. The van der Waals surface area contributed by atoms with Gasteiger partial charge in [0.2, 0.25) is 0 Å². The van der Waals surface area contributed by atoms with Gasteiger partial charge in [0.05, 0.1) is 6.54 Å². The number of amides is 1. The smallest absolute Gasteiger partial charge is 0.251 e. The molecule has 0 aliphatic carbocycles. The molecule has 0 fully saturated rings. The van der Waals surface area contributed by atoms with Crippen molar-refractivity contribution in [2.24, 2.45) is 0 Å². The maximum atomic E-state index is 12.3. The van der Waals surface area contributed by atoms with Crippen LogP contribution in [0.15, 0.2) is 53.9 Å². The number of carbonyl (C=O) groups is 1. The first-order valence-electron chi connectivity index (χ1n) is 7.90. The number of thiophene rings is 2. The van der Waals surface area contributed by atoms with E-state index >= 15 is 0 Å². The predicted molar refractivity (Wildman–Crippen MR) is 105 cm³/mol. The van der Waals surface area contributed by atoms with Crippen molar-refractivity contribution in [2.45, 2.75) is 12.6 Å². The minimum Gasteiger partial charge on any atom is -0.382 e. The van der Waals surface area contributed by atoms with Gasteiger partial charge in [0, 0.05) is 40.0 Å². The van der Waals surface area contributed by atoms with Gasteiger partial charge in [-0.05, 0) is 47.8 Å². The van der Waals surface area contributed by atoms with E-state index in [0.29, 0.717) is 12.1 Å². The predicted octanol–water partition coefficient (Wildman–Crippen LogP) is 3.89. The summed E-state index contributed by atoms with van der Waals surface area (Å²) in [4.78, 5) is 17.1. The van der Waals surface area contributed by atoms with Crippen LogP contribution in [0.4, 0.5) is 5.69 Å². The van der Waals surface area contributed by atoms with Crippen molar-refractivity contribution in [1.82, 2.24) is 5.32 Å². The molecule has 2 aromatic heterocycles. The first-order valence-corrected chi connectivity index (χ1v) is 9.60. The number of nitrogens with zero attached hydrogens (tertiary/aromatic N) is 1. The minimum absolute atomic E-state index is 0.0981. The van der Waals surface area contributed by atoms with Crippen molar-refractivity contribution in [3.05, 3.63) is 74.1 Å². The Morgan fingerprint density at radius 3 is 2.52 bits per heavy atom. The largest absolute Gasteiger partial charge is 0.382 e. The van der Waals surface area contributed by atoms with Gasteiger partial charge in [0.15, 0.2) is 0 Å². The lowest BCUT2D eigenvalue weighted by Gasteiger charge is -2.12. The van der Waals surface area contributed by atoms with Crippen LogP contribution in [-0.4, -0.2) is 25.1 Å². The molecule has 0 saturated carbocycles. The quantitative estimate of drug-likeness (QED) is 0.690. The SMILES string of the molecule is CN(C)c1ccc(C(=O)NCc2ccc([C@H](O)c3cccs3)s2)cc1. The fraction of sp³-hybridized carbons (Fsp3) is 0.211. The minimum atomic E-state index is -0.590. The van der Waals surface area contributed by atoms with Crippen LogP contribution < -0.4 is 10.2 Å². The molecule has 0 aliphatic heterocycles. The Labute approximate surface area is 155 Å². The van der Waals surface area contributed by atoms with E-state index in [1.165, 1.54) is 22.7 Å². The fourth-order valence-corrected chi connectivity index (χ4v) is 4.16. The summed E-state index contributed by atoms with van der Waals surface area (Å²) in [6.07, 6.45) is -0.590. The van der Waals surface area contributed by atoms with Crippen molar-refractivity contribution < 1.29 is 9.90 Å². The molecule has 130 valence electrons. The van der Waals surface area contributed by atoms with Gasteiger partial charge in [0.25, 0.3) is 5.91 Å². The van der Waals surface area contributed by atoms with Crippen LogP contribution in [0.5, 0.6) is 0 Å². The third-order valence-corrected chi connectivity index (χ3v) is 5.90. The summed E-state index contributed by atoms with van der Waals surface area (Å²) >= 11 is 3.06. The van der Waals surface area contributed by atoms with Crippen molar-refractivity contribution in [2.75, 3.05) is 19.0 Å². The van der Waals surface area contributed by atoms with Crippen molar-refractivity contribution >= 4 is 34.3 Å². The molecule has 0 spiro atoms. The van der Waals surface area contributed by atoms with E-state index in [-0.39, 0.29) is 5.91 Å². The van der Waals surface area contributed by atoms with E-state index in [2.05, 4.69) is 5.32 Å². The topological polar surface area (TPSA) is 52.6 Å². The van der Waals surface area contributed by atoms with Gasteiger partial charge in [-0.1, -0.05) is 6.07 Å². The van der Waals surface area contributed by atoms with E-state index in [4.69, 9.17) is 0 Å². The van der Waals surface area contributed by atoms with Crippen LogP contribution in [-0.2, 0) is 6.54 Å². The van der Waals surface area contributed by atoms with Crippen molar-refractivity contribution in [1.29, 1.82) is 0 Å². The maximum absolute atomic E-state index is 12.3. The van der Waals surface area contributed by atoms with Crippen LogP contribution in [0.2, 0.25) is 0 Å². The highest BCUT2D eigenvalue weighted by molar-refractivity contribution is 7.12. The molecule has 3 rings (SSSR count). The molecule has 0 radical (unpaired) electrons. The van der Waals surface area contributed by atoms with Gasteiger partial charge < -0.3 is 15.3 Å². The number of anilines is 1. The summed E-state index contributed by atoms with van der Waals surface area (Å²) in [6, 6.07) is 15.2. The number of benzene rings is 1. The number of aliphatic hydroxyl groups excluding tert-OH is 1. The average molecular weight is 373 g/mol. The number of hydrogen-bond acceptors (Lipinski definition) is 5. The Morgan fingerprint density at radius 1 is 1.12 bits per heavy atom. The van der Waals surface area contributed by atoms with Gasteiger partial charge in [-0.3, -0.25) is 4.79 Å². The summed E-state index contributed by atoms with van der Waals surface area (Å²) < 4.78 is 0. The molecule has 2 heterocycles. The van der Waals surface area contributed by atoms with Crippen LogP contribution in [0.3, 0.4) is 0 Å². The molecule has 1 atom stereocenters. The molecular weight excluding hydrogens is 352 g/mol. The van der Waals surface area contributed by atoms with Gasteiger partial charge in [-0.2, -0.15) is 0 Å². The molecule has 1 amide bonds. The van der Waals surface area contributed by atoms with Gasteiger partial charge in [-0.15, -0.1) is 22.7 Å². The van der Waals surface area contributed by atoms with Crippen LogP contribution in [0.25, 0.3) is 0 Å². The maximum Gasteiger partial charge on any atom is 0.251 e. The van der Waals surface area contributed by atoms with E-state index in [1.54, 1.807) is 0 Å². The van der Waals surface area contributed by atoms with Crippen molar-refractivity contribution in [3.63, 3.8) is 0 Å². The second kappa shape index (κ2) is 7.82. The van der Waals surface area contributed by atoms with Gasteiger partial charge in [-0.25, -0.2) is 0 Å². The summed E-state index contributed by atoms with van der Waals surface area (Å²) in [6.45, 7) is 0.454. The zero-order valence-corrected chi connectivity index (χ0v) is 15.7. The Balaban J connectivity index is 1.59. The van der Waals surface area contributed by atoms with E-state index < -0.39 is 6.10 Å². The number of carbonyl (C=O) groups excluding carboxylic acids is 1. The van der Waals surface area contributed by atoms with E-state index in [9.17, 15) is 9.90 Å². The zero-order valence-electron chi connectivity index (χ0n) is 14.1. The third-order valence-electron chi connectivity index (χ3n) is 3.83. The normalized spacial score (nSPS) is 12.0. The third kappa shape index (κ3) is 4.28.